The summed E-state index contributed by atoms with van der Waals surface area (Å²) in [6.07, 6.45) is 0. The predicted octanol–water partition coefficient (Wildman–Crippen LogP) is 3.60. The molecule has 0 atom stereocenters. The van der Waals surface area contributed by atoms with Crippen molar-refractivity contribution in [2.75, 3.05) is 12.4 Å². The van der Waals surface area contributed by atoms with Crippen molar-refractivity contribution in [3.8, 4) is 17.2 Å². The van der Waals surface area contributed by atoms with Gasteiger partial charge in [0.2, 0.25) is 5.69 Å². The first-order valence-corrected chi connectivity index (χ1v) is 8.81. The van der Waals surface area contributed by atoms with Crippen LogP contribution in [0.2, 0.25) is 0 Å². The van der Waals surface area contributed by atoms with Crippen molar-refractivity contribution in [2.45, 2.75) is 6.92 Å². The number of aromatic nitrogens is 2. The van der Waals surface area contributed by atoms with Gasteiger partial charge in [-0.25, -0.2) is 0 Å². The Morgan fingerprint density at radius 3 is 2.39 bits per heavy atom. The van der Waals surface area contributed by atoms with E-state index in [0.717, 1.165) is 10.7 Å². The molecule has 0 radical (unpaired) electrons. The fourth-order valence-corrected chi connectivity index (χ4v) is 2.96. The molecule has 0 fully saturated rings. The van der Waals surface area contributed by atoms with Gasteiger partial charge in [0.25, 0.3) is 11.6 Å². The number of ether oxygens (including phenoxy) is 2. The third-order valence-electron chi connectivity index (χ3n) is 4.25. The number of amides is 1. The number of carbonyl (C=O) groups is 1. The van der Waals surface area contributed by atoms with E-state index in [9.17, 15) is 25.0 Å². The lowest BCUT2D eigenvalue weighted by atomic mass is 10.2. The number of nitrogens with zero attached hydrogens (tertiary/aromatic N) is 4. The van der Waals surface area contributed by atoms with E-state index in [1.807, 2.05) is 0 Å². The predicted molar refractivity (Wildman–Crippen MR) is 109 cm³/mol. The summed E-state index contributed by atoms with van der Waals surface area (Å²) in [7, 11) is 2.84. The lowest BCUT2D eigenvalue weighted by Gasteiger charge is -2.11. The zero-order chi connectivity index (χ0) is 22.7. The van der Waals surface area contributed by atoms with E-state index in [1.165, 1.54) is 33.2 Å². The van der Waals surface area contributed by atoms with Crippen LogP contribution in [0.15, 0.2) is 42.5 Å². The fraction of sp³-hybridized carbons (Fsp3) is 0.158. The summed E-state index contributed by atoms with van der Waals surface area (Å²) in [5, 5.41) is 29.0. The van der Waals surface area contributed by atoms with Crippen LogP contribution in [0.25, 0.3) is 0 Å². The summed E-state index contributed by atoms with van der Waals surface area (Å²) in [5.74, 6) is -0.0792. The molecule has 3 aromatic rings. The Morgan fingerprint density at radius 2 is 1.77 bits per heavy atom. The molecule has 12 heteroatoms. The SMILES string of the molecule is COc1ccccc1Oc1cc(NC(=O)c2c([N+](=O)[O-])c(C)nn2C)cc([N+](=O)[O-])c1. The summed E-state index contributed by atoms with van der Waals surface area (Å²) in [4.78, 5) is 34.0. The second-order valence-electron chi connectivity index (χ2n) is 6.34. The number of methoxy groups -OCH3 is 1. The molecule has 1 heterocycles. The number of nitro benzene ring substituents is 1. The molecule has 0 unspecified atom stereocenters. The van der Waals surface area contributed by atoms with Crippen LogP contribution >= 0.6 is 0 Å². The molecule has 0 bridgehead atoms. The van der Waals surface area contributed by atoms with Gasteiger partial charge >= 0.3 is 5.69 Å². The zero-order valence-electron chi connectivity index (χ0n) is 16.7. The third-order valence-corrected chi connectivity index (χ3v) is 4.25. The highest BCUT2D eigenvalue weighted by Crippen LogP contribution is 2.34. The van der Waals surface area contributed by atoms with Gasteiger partial charge in [-0.05, 0) is 19.1 Å². The van der Waals surface area contributed by atoms with E-state index < -0.39 is 21.4 Å². The average molecular weight is 427 g/mol. The van der Waals surface area contributed by atoms with Crippen molar-refractivity contribution in [1.29, 1.82) is 0 Å². The number of hydrogen-bond donors (Lipinski definition) is 1. The molecule has 1 aromatic heterocycles. The zero-order valence-corrected chi connectivity index (χ0v) is 16.7. The van der Waals surface area contributed by atoms with Gasteiger partial charge in [0, 0.05) is 19.2 Å². The molecule has 31 heavy (non-hydrogen) atoms. The highest BCUT2D eigenvalue weighted by atomic mass is 16.6. The van der Waals surface area contributed by atoms with Crippen molar-refractivity contribution >= 4 is 23.0 Å². The first kappa shape index (κ1) is 21.2. The standard InChI is InChI=1S/C19H17N5O7/c1-11-17(24(28)29)18(22(2)21-11)19(25)20-12-8-13(23(26)27)10-14(9-12)31-16-7-5-4-6-15(16)30-3/h4-10H,1-3H3,(H,20,25). The Hall–Kier alpha value is -4.48. The summed E-state index contributed by atoms with van der Waals surface area (Å²) in [6.45, 7) is 1.40. The van der Waals surface area contributed by atoms with Crippen LogP contribution in [0.1, 0.15) is 16.2 Å². The molecule has 12 nitrogen and oxygen atoms in total. The number of nitro groups is 2. The Balaban J connectivity index is 1.98. The lowest BCUT2D eigenvalue weighted by molar-refractivity contribution is -0.385. The Morgan fingerprint density at radius 1 is 1.10 bits per heavy atom. The Bertz CT molecular complexity index is 1190. The number of rotatable bonds is 7. The van der Waals surface area contributed by atoms with E-state index in [4.69, 9.17) is 9.47 Å². The largest absolute Gasteiger partial charge is 0.493 e. The molecule has 160 valence electrons. The molecule has 0 saturated carbocycles. The number of carbonyl (C=O) groups excluding carboxylic acids is 1. The smallest absolute Gasteiger partial charge is 0.322 e. The van der Waals surface area contributed by atoms with Gasteiger partial charge in [-0.15, -0.1) is 0 Å². The van der Waals surface area contributed by atoms with Crippen molar-refractivity contribution in [3.63, 3.8) is 0 Å². The second-order valence-corrected chi connectivity index (χ2v) is 6.34. The minimum absolute atomic E-state index is 0.0113. The van der Waals surface area contributed by atoms with Gasteiger partial charge in [-0.2, -0.15) is 5.10 Å². The van der Waals surface area contributed by atoms with Gasteiger partial charge in [0.15, 0.2) is 11.5 Å². The normalized spacial score (nSPS) is 10.4. The molecule has 0 aliphatic carbocycles. The maximum atomic E-state index is 12.7. The highest BCUT2D eigenvalue weighted by Gasteiger charge is 2.29. The molecule has 0 aliphatic rings. The number of aryl methyl sites for hydroxylation is 2. The molecular formula is C19H17N5O7. The lowest BCUT2D eigenvalue weighted by Crippen LogP contribution is -2.17. The van der Waals surface area contributed by atoms with Gasteiger partial charge in [-0.3, -0.25) is 29.7 Å². The Labute approximate surface area is 175 Å². The molecule has 0 spiro atoms. The summed E-state index contributed by atoms with van der Waals surface area (Å²) in [5.41, 5.74) is -1.01. The topological polar surface area (TPSA) is 152 Å². The molecule has 3 rings (SSSR count). The quantitative estimate of drug-likeness (QED) is 0.443. The Kier molecular flexibility index (Phi) is 5.81. The number of hydrogen-bond acceptors (Lipinski definition) is 8. The number of non-ortho nitro benzene ring substituents is 1. The summed E-state index contributed by atoms with van der Waals surface area (Å²) >= 11 is 0. The van der Waals surface area contributed by atoms with Crippen molar-refractivity contribution in [2.24, 2.45) is 7.05 Å². The van der Waals surface area contributed by atoms with Crippen LogP contribution in [0.4, 0.5) is 17.1 Å². The number of nitrogens with one attached hydrogen (secondary N) is 1. The van der Waals surface area contributed by atoms with Crippen LogP contribution < -0.4 is 14.8 Å². The second kappa shape index (κ2) is 8.49. The molecule has 1 amide bonds. The van der Waals surface area contributed by atoms with Crippen LogP contribution in [0, 0.1) is 27.2 Å². The summed E-state index contributed by atoms with van der Waals surface area (Å²) < 4.78 is 12.0. The molecule has 2 aromatic carbocycles. The average Bonchev–Trinajstić information content (AvgIpc) is 3.02. The van der Waals surface area contributed by atoms with Gasteiger partial charge in [0.1, 0.15) is 11.4 Å². The van der Waals surface area contributed by atoms with E-state index >= 15 is 0 Å². The van der Waals surface area contributed by atoms with Crippen molar-refractivity contribution < 1.29 is 24.1 Å². The van der Waals surface area contributed by atoms with E-state index in [1.54, 1.807) is 24.3 Å². The van der Waals surface area contributed by atoms with Crippen molar-refractivity contribution in [3.05, 3.63) is 74.1 Å². The first-order valence-electron chi connectivity index (χ1n) is 8.81. The minimum atomic E-state index is -0.849. The highest BCUT2D eigenvalue weighted by molar-refractivity contribution is 6.06. The van der Waals surface area contributed by atoms with Crippen LogP contribution in [0.5, 0.6) is 17.2 Å². The molecular weight excluding hydrogens is 410 g/mol. The van der Waals surface area contributed by atoms with E-state index in [0.29, 0.717) is 11.5 Å². The number of anilines is 1. The first-order chi connectivity index (χ1) is 14.7. The number of benzene rings is 2. The van der Waals surface area contributed by atoms with Crippen LogP contribution in [-0.2, 0) is 7.05 Å². The molecule has 0 saturated heterocycles. The van der Waals surface area contributed by atoms with Gasteiger partial charge < -0.3 is 14.8 Å². The third kappa shape index (κ3) is 4.42. The van der Waals surface area contributed by atoms with Crippen molar-refractivity contribution in [1.82, 2.24) is 9.78 Å². The molecule has 0 aliphatic heterocycles. The maximum absolute atomic E-state index is 12.7. The van der Waals surface area contributed by atoms with Gasteiger partial charge in [-0.1, -0.05) is 12.1 Å². The van der Waals surface area contributed by atoms with Crippen LogP contribution in [-0.4, -0.2) is 32.6 Å². The minimum Gasteiger partial charge on any atom is -0.493 e. The number of para-hydroxylation sites is 2. The monoisotopic (exact) mass is 427 g/mol. The fourth-order valence-electron chi connectivity index (χ4n) is 2.96. The summed E-state index contributed by atoms with van der Waals surface area (Å²) in [6, 6.07) is 10.3. The van der Waals surface area contributed by atoms with Crippen LogP contribution in [0.3, 0.4) is 0 Å². The van der Waals surface area contributed by atoms with E-state index in [-0.39, 0.29) is 28.5 Å². The maximum Gasteiger partial charge on any atom is 0.322 e. The van der Waals surface area contributed by atoms with E-state index in [2.05, 4.69) is 10.4 Å². The van der Waals surface area contributed by atoms with Gasteiger partial charge in [0.05, 0.1) is 28.7 Å². The molecule has 1 N–H and O–H groups in total.